The van der Waals surface area contributed by atoms with Gasteiger partial charge in [0.15, 0.2) is 0 Å². The Hall–Kier alpha value is -1.39. The number of nitrogens with zero attached hydrogens (tertiary/aromatic N) is 1. The third kappa shape index (κ3) is 7.61. The molecule has 0 saturated carbocycles. The SMILES string of the molecule is Cl.Cl.FC(F)(F)Oc1ccc([C@@H](c2cc(Cl)cc(C(F)(F)F)c2)N2CCNCC2)cc1. The zero-order valence-electron chi connectivity index (χ0n) is 15.8. The first kappa shape index (κ1) is 27.6. The Labute approximate surface area is 192 Å². The van der Waals surface area contributed by atoms with Gasteiger partial charge in [0.2, 0.25) is 0 Å². The molecule has 1 fully saturated rings. The number of ether oxygens (including phenoxy) is 1. The predicted molar refractivity (Wildman–Crippen MR) is 110 cm³/mol. The number of halogens is 9. The van der Waals surface area contributed by atoms with Gasteiger partial charge in [0.25, 0.3) is 0 Å². The lowest BCUT2D eigenvalue weighted by Gasteiger charge is -2.36. The lowest BCUT2D eigenvalue weighted by atomic mass is 9.94. The Morgan fingerprint density at radius 2 is 1.45 bits per heavy atom. The normalized spacial score (nSPS) is 16.1. The summed E-state index contributed by atoms with van der Waals surface area (Å²) in [6, 6.07) is 7.85. The molecule has 1 atom stereocenters. The molecule has 31 heavy (non-hydrogen) atoms. The largest absolute Gasteiger partial charge is 0.573 e. The molecule has 0 amide bonds. The molecule has 0 unspecified atom stereocenters. The van der Waals surface area contributed by atoms with Crippen molar-refractivity contribution in [2.24, 2.45) is 0 Å². The maximum Gasteiger partial charge on any atom is 0.573 e. The van der Waals surface area contributed by atoms with Crippen LogP contribution in [-0.4, -0.2) is 37.4 Å². The summed E-state index contributed by atoms with van der Waals surface area (Å²) >= 11 is 5.95. The number of hydrogen-bond donors (Lipinski definition) is 1. The lowest BCUT2D eigenvalue weighted by molar-refractivity contribution is -0.274. The Morgan fingerprint density at radius 1 is 0.871 bits per heavy atom. The minimum atomic E-state index is -4.83. The van der Waals surface area contributed by atoms with E-state index in [9.17, 15) is 26.3 Å². The second-order valence-electron chi connectivity index (χ2n) is 6.58. The average Bonchev–Trinajstić information content (AvgIpc) is 2.62. The van der Waals surface area contributed by atoms with Crippen LogP contribution in [0.3, 0.4) is 0 Å². The van der Waals surface area contributed by atoms with E-state index in [1.807, 2.05) is 4.90 Å². The number of rotatable bonds is 4. The van der Waals surface area contributed by atoms with Crippen LogP contribution in [0.4, 0.5) is 26.3 Å². The maximum atomic E-state index is 13.3. The van der Waals surface area contributed by atoms with Crippen LogP contribution in [0.5, 0.6) is 5.75 Å². The van der Waals surface area contributed by atoms with Gasteiger partial charge in [0.05, 0.1) is 11.6 Å². The van der Waals surface area contributed by atoms with Crippen molar-refractivity contribution >= 4 is 36.4 Å². The van der Waals surface area contributed by atoms with E-state index in [4.69, 9.17) is 11.6 Å². The van der Waals surface area contributed by atoms with Crippen LogP contribution in [0.1, 0.15) is 22.7 Å². The Bertz CT molecular complexity index is 840. The molecule has 0 spiro atoms. The van der Waals surface area contributed by atoms with E-state index in [-0.39, 0.29) is 29.8 Å². The standard InChI is InChI=1S/C19H17ClF6N2O.2ClH/c20-15-10-13(9-14(11-15)18(21,22)23)17(28-7-5-27-6-8-28)12-1-3-16(4-2-12)29-19(24,25)26;;/h1-4,9-11,17,27H,5-8H2;2*1H/t17-;;/m0../s1. The highest BCUT2D eigenvalue weighted by atomic mass is 35.5. The summed E-state index contributed by atoms with van der Waals surface area (Å²) in [5.41, 5.74) is -0.0230. The molecule has 2 aromatic rings. The molecule has 2 aromatic carbocycles. The summed E-state index contributed by atoms with van der Waals surface area (Å²) in [6.07, 6.45) is -9.40. The molecule has 1 N–H and O–H groups in total. The minimum absolute atomic E-state index is 0. The summed E-state index contributed by atoms with van der Waals surface area (Å²) in [5.74, 6) is -0.401. The van der Waals surface area contributed by atoms with Gasteiger partial charge in [0.1, 0.15) is 5.75 Å². The molecule has 0 radical (unpaired) electrons. The summed E-state index contributed by atoms with van der Waals surface area (Å²) < 4.78 is 80.9. The first-order chi connectivity index (χ1) is 13.5. The van der Waals surface area contributed by atoms with Crippen molar-refractivity contribution in [2.45, 2.75) is 18.6 Å². The highest BCUT2D eigenvalue weighted by Gasteiger charge is 2.34. The lowest BCUT2D eigenvalue weighted by Crippen LogP contribution is -2.45. The van der Waals surface area contributed by atoms with Gasteiger partial charge in [-0.3, -0.25) is 4.90 Å². The van der Waals surface area contributed by atoms with Crippen LogP contribution in [0.2, 0.25) is 5.02 Å². The number of piperazine rings is 1. The molecule has 1 aliphatic heterocycles. The van der Waals surface area contributed by atoms with Crippen molar-refractivity contribution in [1.29, 1.82) is 0 Å². The van der Waals surface area contributed by atoms with E-state index in [2.05, 4.69) is 10.1 Å². The molecule has 12 heteroatoms. The van der Waals surface area contributed by atoms with Crippen LogP contribution in [-0.2, 0) is 6.18 Å². The summed E-state index contributed by atoms with van der Waals surface area (Å²) in [6.45, 7) is 2.38. The van der Waals surface area contributed by atoms with Crippen LogP contribution in [0.25, 0.3) is 0 Å². The van der Waals surface area contributed by atoms with E-state index < -0.39 is 29.9 Å². The zero-order valence-corrected chi connectivity index (χ0v) is 18.2. The van der Waals surface area contributed by atoms with Gasteiger partial charge in [0, 0.05) is 31.2 Å². The number of benzene rings is 2. The van der Waals surface area contributed by atoms with Crippen LogP contribution < -0.4 is 10.1 Å². The molecular weight excluding hydrogens is 493 g/mol. The van der Waals surface area contributed by atoms with Crippen molar-refractivity contribution in [1.82, 2.24) is 10.2 Å². The topological polar surface area (TPSA) is 24.5 Å². The third-order valence-corrected chi connectivity index (χ3v) is 4.73. The average molecular weight is 512 g/mol. The van der Waals surface area contributed by atoms with Crippen molar-refractivity contribution in [3.05, 3.63) is 64.2 Å². The summed E-state index contributed by atoms with van der Waals surface area (Å²) in [4.78, 5) is 1.96. The van der Waals surface area contributed by atoms with E-state index >= 15 is 0 Å². The van der Waals surface area contributed by atoms with Gasteiger partial charge >= 0.3 is 12.5 Å². The Kier molecular flexibility index (Phi) is 9.77. The molecule has 1 saturated heterocycles. The first-order valence-electron chi connectivity index (χ1n) is 8.71. The molecule has 174 valence electrons. The fourth-order valence-corrected chi connectivity index (χ4v) is 3.58. The molecule has 0 aromatic heterocycles. The van der Waals surface area contributed by atoms with Crippen molar-refractivity contribution in [2.75, 3.05) is 26.2 Å². The second-order valence-corrected chi connectivity index (χ2v) is 7.01. The molecule has 0 bridgehead atoms. The van der Waals surface area contributed by atoms with E-state index in [1.54, 1.807) is 0 Å². The van der Waals surface area contributed by atoms with E-state index in [0.717, 1.165) is 24.3 Å². The van der Waals surface area contributed by atoms with E-state index in [1.165, 1.54) is 18.2 Å². The first-order valence-corrected chi connectivity index (χ1v) is 9.09. The quantitative estimate of drug-likeness (QED) is 0.503. The monoisotopic (exact) mass is 510 g/mol. The van der Waals surface area contributed by atoms with Crippen molar-refractivity contribution in [3.63, 3.8) is 0 Å². The van der Waals surface area contributed by atoms with Crippen LogP contribution in [0.15, 0.2) is 42.5 Å². The Morgan fingerprint density at radius 3 is 1.97 bits per heavy atom. The minimum Gasteiger partial charge on any atom is -0.406 e. The van der Waals surface area contributed by atoms with Gasteiger partial charge in [-0.15, -0.1) is 38.0 Å². The predicted octanol–water partition coefficient (Wildman–Crippen LogP) is 6.10. The Balaban J connectivity index is 0.00000240. The van der Waals surface area contributed by atoms with Gasteiger partial charge < -0.3 is 10.1 Å². The van der Waals surface area contributed by atoms with Gasteiger partial charge in [-0.1, -0.05) is 23.7 Å². The number of nitrogens with one attached hydrogen (secondary N) is 1. The second kappa shape index (κ2) is 11.0. The molecular formula is C19H19Cl3F6N2O. The van der Waals surface area contributed by atoms with Crippen LogP contribution >= 0.6 is 36.4 Å². The highest BCUT2D eigenvalue weighted by molar-refractivity contribution is 6.30. The van der Waals surface area contributed by atoms with Crippen molar-refractivity contribution < 1.29 is 31.1 Å². The molecule has 1 heterocycles. The molecule has 3 rings (SSSR count). The third-order valence-electron chi connectivity index (χ3n) is 4.51. The van der Waals surface area contributed by atoms with Crippen LogP contribution in [0, 0.1) is 0 Å². The summed E-state index contributed by atoms with van der Waals surface area (Å²) in [5, 5.41) is 3.10. The molecule has 0 aliphatic carbocycles. The maximum absolute atomic E-state index is 13.3. The van der Waals surface area contributed by atoms with Gasteiger partial charge in [-0.05, 0) is 41.5 Å². The van der Waals surface area contributed by atoms with E-state index in [0.29, 0.717) is 37.3 Å². The molecule has 3 nitrogen and oxygen atoms in total. The van der Waals surface area contributed by atoms with Crippen molar-refractivity contribution in [3.8, 4) is 5.75 Å². The summed E-state index contributed by atoms with van der Waals surface area (Å²) in [7, 11) is 0. The highest BCUT2D eigenvalue weighted by Crippen LogP contribution is 2.37. The number of hydrogen-bond acceptors (Lipinski definition) is 3. The smallest absolute Gasteiger partial charge is 0.406 e. The fourth-order valence-electron chi connectivity index (χ4n) is 3.34. The van der Waals surface area contributed by atoms with Gasteiger partial charge in [-0.25, -0.2) is 0 Å². The van der Waals surface area contributed by atoms with Gasteiger partial charge in [-0.2, -0.15) is 13.2 Å². The number of alkyl halides is 6. The zero-order chi connectivity index (χ0) is 21.2. The molecule has 1 aliphatic rings. The fraction of sp³-hybridized carbons (Fsp3) is 0.368.